The number of aromatic nitrogens is 2. The molecule has 23 heavy (non-hydrogen) atoms. The van der Waals surface area contributed by atoms with Crippen LogP contribution in [0.2, 0.25) is 0 Å². The van der Waals surface area contributed by atoms with E-state index in [9.17, 15) is 4.79 Å². The number of amides is 1. The molecule has 0 aliphatic heterocycles. The molecule has 0 saturated heterocycles. The van der Waals surface area contributed by atoms with Gasteiger partial charge in [-0.25, -0.2) is 4.98 Å². The number of carbonyl (C=O) groups excluding carboxylic acids is 1. The van der Waals surface area contributed by atoms with Crippen molar-refractivity contribution in [1.29, 1.82) is 0 Å². The summed E-state index contributed by atoms with van der Waals surface area (Å²) in [5.74, 6) is 1.94. The van der Waals surface area contributed by atoms with Gasteiger partial charge in [-0.1, -0.05) is 13.8 Å². The summed E-state index contributed by atoms with van der Waals surface area (Å²) in [4.78, 5) is 16.3. The number of aliphatic hydroxyl groups excluding tert-OH is 1. The van der Waals surface area contributed by atoms with Crippen LogP contribution in [0.25, 0.3) is 0 Å². The molecule has 0 radical (unpaired) electrons. The number of hydrogen-bond donors (Lipinski definition) is 2. The van der Waals surface area contributed by atoms with Gasteiger partial charge in [-0.3, -0.25) is 4.79 Å². The predicted molar refractivity (Wildman–Crippen MR) is 88.6 cm³/mol. The first-order valence-electron chi connectivity index (χ1n) is 7.74. The monoisotopic (exact) mass is 317 g/mol. The molecule has 2 aromatic rings. The maximum Gasteiger partial charge on any atom is 0.226 e. The van der Waals surface area contributed by atoms with Crippen LogP contribution in [0.1, 0.15) is 32.0 Å². The molecule has 0 atom stereocenters. The molecule has 124 valence electrons. The van der Waals surface area contributed by atoms with E-state index in [1.807, 2.05) is 10.8 Å². The zero-order valence-corrected chi connectivity index (χ0v) is 13.5. The first-order valence-corrected chi connectivity index (χ1v) is 7.74. The number of rotatable bonds is 8. The van der Waals surface area contributed by atoms with Crippen molar-refractivity contribution >= 4 is 11.6 Å². The lowest BCUT2D eigenvalue weighted by molar-refractivity contribution is -0.116. The summed E-state index contributed by atoms with van der Waals surface area (Å²) in [6.45, 7) is 5.01. The number of nitrogens with one attached hydrogen (secondary N) is 1. The van der Waals surface area contributed by atoms with Crippen molar-refractivity contribution in [3.05, 3.63) is 42.5 Å². The van der Waals surface area contributed by atoms with Crippen LogP contribution < -0.4 is 10.1 Å². The Hall–Kier alpha value is -2.34. The van der Waals surface area contributed by atoms with Crippen molar-refractivity contribution in [3.63, 3.8) is 0 Å². The summed E-state index contributed by atoms with van der Waals surface area (Å²) >= 11 is 0. The second-order valence-corrected chi connectivity index (χ2v) is 5.53. The van der Waals surface area contributed by atoms with E-state index in [-0.39, 0.29) is 19.1 Å². The number of carbonyl (C=O) groups is 1. The van der Waals surface area contributed by atoms with Crippen molar-refractivity contribution in [2.45, 2.75) is 32.7 Å². The lowest BCUT2D eigenvalue weighted by Gasteiger charge is -2.11. The van der Waals surface area contributed by atoms with Gasteiger partial charge >= 0.3 is 0 Å². The molecule has 0 spiro atoms. The third-order valence-corrected chi connectivity index (χ3v) is 3.34. The van der Waals surface area contributed by atoms with Crippen molar-refractivity contribution < 1.29 is 14.6 Å². The molecule has 1 aromatic heterocycles. The molecular formula is C17H23N3O3. The number of nitrogens with zero attached hydrogens (tertiary/aromatic N) is 2. The first-order chi connectivity index (χ1) is 11.1. The lowest BCUT2D eigenvalue weighted by Crippen LogP contribution is -2.15. The average Bonchev–Trinajstić information content (AvgIpc) is 3.01. The minimum absolute atomic E-state index is 0.0227. The maximum atomic E-state index is 12.0. The number of imidazole rings is 1. The van der Waals surface area contributed by atoms with Gasteiger partial charge in [-0.05, 0) is 24.3 Å². The van der Waals surface area contributed by atoms with Crippen LogP contribution in [0.3, 0.4) is 0 Å². The first kappa shape index (κ1) is 17.0. The Morgan fingerprint density at radius 1 is 1.35 bits per heavy atom. The van der Waals surface area contributed by atoms with Crippen LogP contribution >= 0.6 is 0 Å². The highest BCUT2D eigenvalue weighted by atomic mass is 16.5. The highest BCUT2D eigenvalue weighted by molar-refractivity contribution is 5.90. The van der Waals surface area contributed by atoms with Gasteiger partial charge in [-0.15, -0.1) is 0 Å². The van der Waals surface area contributed by atoms with E-state index in [0.29, 0.717) is 24.6 Å². The number of aryl methyl sites for hydroxylation is 1. The largest absolute Gasteiger partial charge is 0.491 e. The van der Waals surface area contributed by atoms with Crippen LogP contribution in [0.15, 0.2) is 36.7 Å². The van der Waals surface area contributed by atoms with E-state index in [0.717, 1.165) is 11.5 Å². The van der Waals surface area contributed by atoms with Gasteiger partial charge < -0.3 is 19.7 Å². The molecule has 0 bridgehead atoms. The van der Waals surface area contributed by atoms with E-state index in [4.69, 9.17) is 9.84 Å². The lowest BCUT2D eigenvalue weighted by atomic mass is 10.2. The zero-order chi connectivity index (χ0) is 16.7. The van der Waals surface area contributed by atoms with Gasteiger partial charge in [0.1, 0.15) is 18.2 Å². The zero-order valence-electron chi connectivity index (χ0n) is 13.5. The average molecular weight is 317 g/mol. The van der Waals surface area contributed by atoms with Crippen LogP contribution in [-0.2, 0) is 11.3 Å². The molecule has 2 rings (SSSR count). The maximum absolute atomic E-state index is 12.0. The number of benzene rings is 1. The third kappa shape index (κ3) is 5.10. The summed E-state index contributed by atoms with van der Waals surface area (Å²) in [6.07, 6.45) is 4.05. The van der Waals surface area contributed by atoms with Crippen LogP contribution in [-0.4, -0.2) is 33.8 Å². The predicted octanol–water partition coefficient (Wildman–Crippen LogP) is 2.41. The highest BCUT2D eigenvalue weighted by Crippen LogP contribution is 2.16. The third-order valence-electron chi connectivity index (χ3n) is 3.34. The molecular weight excluding hydrogens is 294 g/mol. The fourth-order valence-electron chi connectivity index (χ4n) is 2.25. The van der Waals surface area contributed by atoms with Crippen LogP contribution in [0.5, 0.6) is 5.75 Å². The summed E-state index contributed by atoms with van der Waals surface area (Å²) in [5.41, 5.74) is 0.723. The number of aliphatic hydroxyl groups is 1. The molecule has 1 aromatic carbocycles. The number of hydrogen-bond acceptors (Lipinski definition) is 4. The quantitative estimate of drug-likeness (QED) is 0.784. The molecule has 6 heteroatoms. The fourth-order valence-corrected chi connectivity index (χ4v) is 2.25. The Bertz CT molecular complexity index is 620. The summed E-state index contributed by atoms with van der Waals surface area (Å²) in [7, 11) is 0. The number of ether oxygens (including phenoxy) is 1. The van der Waals surface area contributed by atoms with Gasteiger partial charge in [0.15, 0.2) is 0 Å². The molecule has 2 N–H and O–H groups in total. The van der Waals surface area contributed by atoms with E-state index >= 15 is 0 Å². The van der Waals surface area contributed by atoms with E-state index < -0.39 is 0 Å². The van der Waals surface area contributed by atoms with Crippen molar-refractivity contribution in [2.75, 3.05) is 18.5 Å². The number of anilines is 1. The highest BCUT2D eigenvalue weighted by Gasteiger charge is 2.09. The summed E-state index contributed by atoms with van der Waals surface area (Å²) < 4.78 is 7.28. The summed E-state index contributed by atoms with van der Waals surface area (Å²) in [5, 5.41) is 11.6. The van der Waals surface area contributed by atoms with E-state index in [1.165, 1.54) is 0 Å². The molecule has 0 saturated carbocycles. The summed E-state index contributed by atoms with van der Waals surface area (Å²) in [6, 6.07) is 7.08. The Morgan fingerprint density at radius 3 is 2.74 bits per heavy atom. The molecule has 0 aliphatic carbocycles. The smallest absolute Gasteiger partial charge is 0.226 e. The Morgan fingerprint density at radius 2 is 2.09 bits per heavy atom. The molecule has 0 unspecified atom stereocenters. The van der Waals surface area contributed by atoms with Crippen LogP contribution in [0.4, 0.5) is 5.69 Å². The molecule has 0 fully saturated rings. The van der Waals surface area contributed by atoms with Gasteiger partial charge in [-0.2, -0.15) is 0 Å². The van der Waals surface area contributed by atoms with Crippen molar-refractivity contribution in [3.8, 4) is 5.75 Å². The van der Waals surface area contributed by atoms with Crippen molar-refractivity contribution in [1.82, 2.24) is 9.55 Å². The van der Waals surface area contributed by atoms with Crippen LogP contribution in [0, 0.1) is 0 Å². The normalized spacial score (nSPS) is 10.8. The fraction of sp³-hybridized carbons (Fsp3) is 0.412. The minimum Gasteiger partial charge on any atom is -0.491 e. The Labute approximate surface area is 136 Å². The molecule has 1 amide bonds. The minimum atomic E-state index is -0.0440. The van der Waals surface area contributed by atoms with Gasteiger partial charge in [0.2, 0.25) is 5.91 Å². The SMILES string of the molecule is CC(C)c1nccn1CCC(=O)Nc1ccc(OCCO)cc1. The van der Waals surface area contributed by atoms with Gasteiger partial charge in [0, 0.05) is 37.0 Å². The standard InChI is InChI=1S/C17H23N3O3/c1-13(2)17-18-8-10-20(17)9-7-16(22)19-14-3-5-15(6-4-14)23-12-11-21/h3-6,8,10,13,21H,7,9,11-12H2,1-2H3,(H,19,22). The Kier molecular flexibility index (Phi) is 6.17. The second kappa shape index (κ2) is 8.33. The van der Waals surface area contributed by atoms with Crippen molar-refractivity contribution in [2.24, 2.45) is 0 Å². The van der Waals surface area contributed by atoms with Gasteiger partial charge in [0.05, 0.1) is 6.61 Å². The van der Waals surface area contributed by atoms with Gasteiger partial charge in [0.25, 0.3) is 0 Å². The molecule has 6 nitrogen and oxygen atoms in total. The Balaban J connectivity index is 1.83. The molecule has 0 aliphatic rings. The van der Waals surface area contributed by atoms with E-state index in [2.05, 4.69) is 24.1 Å². The van der Waals surface area contributed by atoms with E-state index in [1.54, 1.807) is 30.5 Å². The topological polar surface area (TPSA) is 76.4 Å². The molecule has 1 heterocycles. The second-order valence-electron chi connectivity index (χ2n) is 5.53.